The molecule has 1 aromatic rings. The molecule has 0 aromatic heterocycles. The zero-order valence-electron chi connectivity index (χ0n) is 26.7. The van der Waals surface area contributed by atoms with Crippen molar-refractivity contribution in [1.82, 2.24) is 0 Å². The summed E-state index contributed by atoms with van der Waals surface area (Å²) in [5, 5.41) is 9.47. The van der Waals surface area contributed by atoms with Crippen LogP contribution in [0.2, 0.25) is 0 Å². The number of ether oxygens (including phenoxy) is 1. The van der Waals surface area contributed by atoms with Crippen LogP contribution >= 0.6 is 0 Å². The van der Waals surface area contributed by atoms with Crippen molar-refractivity contribution in [2.24, 2.45) is 52.3 Å². The lowest BCUT2D eigenvalue weighted by Crippen LogP contribution is -2.51. The molecule has 0 unspecified atom stereocenters. The fourth-order valence-electron chi connectivity index (χ4n) is 10.3. The predicted octanol–water partition coefficient (Wildman–Crippen LogP) is 9.99. The molecule has 0 aliphatic heterocycles. The van der Waals surface area contributed by atoms with E-state index in [1.54, 1.807) is 35.9 Å². The maximum absolute atomic E-state index is 12.6. The molecule has 3 saturated carbocycles. The average Bonchev–Trinajstić information content (AvgIpc) is 3.30. The molecule has 0 heterocycles. The molecular formula is C38H56O3. The Morgan fingerprint density at radius 2 is 1.78 bits per heavy atom. The van der Waals surface area contributed by atoms with Crippen molar-refractivity contribution < 1.29 is 14.6 Å². The van der Waals surface area contributed by atoms with Gasteiger partial charge in [0.25, 0.3) is 0 Å². The van der Waals surface area contributed by atoms with E-state index in [0.717, 1.165) is 66.3 Å². The Hall–Kier alpha value is -2.03. The van der Waals surface area contributed by atoms with Crippen molar-refractivity contribution in [2.75, 3.05) is 0 Å². The lowest BCUT2D eigenvalue weighted by Gasteiger charge is -2.58. The number of phenols is 1. The number of allylic oxidation sites excluding steroid dienone is 1. The van der Waals surface area contributed by atoms with Gasteiger partial charge in [-0.05, 0) is 127 Å². The van der Waals surface area contributed by atoms with Gasteiger partial charge >= 0.3 is 5.97 Å². The molecule has 5 rings (SSSR count). The Bertz CT molecular complexity index is 1110. The third-order valence-corrected chi connectivity index (χ3v) is 12.9. The molecule has 0 bridgehead atoms. The van der Waals surface area contributed by atoms with Gasteiger partial charge in [-0.1, -0.05) is 78.2 Å². The van der Waals surface area contributed by atoms with E-state index in [1.807, 2.05) is 0 Å². The number of aromatic hydroxyl groups is 1. The van der Waals surface area contributed by atoms with Crippen LogP contribution in [0, 0.1) is 52.3 Å². The van der Waals surface area contributed by atoms with Crippen molar-refractivity contribution in [3.8, 4) is 5.75 Å². The Balaban J connectivity index is 1.21. The SMILES string of the molecule is CC[C@H](CC[C@@H](C)[C@H]1CC[C@H]2[C@@H]3CC=C4C[C@@H](OC(=O)/C=C\c5ccc(O)cc5)CC[C@]4(C)[C@H]3CC[C@]12C)C(C)C. The topological polar surface area (TPSA) is 46.5 Å². The van der Waals surface area contributed by atoms with Gasteiger partial charge in [-0.25, -0.2) is 4.79 Å². The van der Waals surface area contributed by atoms with Gasteiger partial charge in [0.1, 0.15) is 11.9 Å². The van der Waals surface area contributed by atoms with E-state index in [2.05, 4.69) is 47.6 Å². The van der Waals surface area contributed by atoms with Crippen molar-refractivity contribution >= 4 is 12.0 Å². The molecule has 226 valence electrons. The van der Waals surface area contributed by atoms with E-state index in [4.69, 9.17) is 4.74 Å². The molecule has 1 N–H and O–H groups in total. The second-order valence-electron chi connectivity index (χ2n) is 15.2. The van der Waals surface area contributed by atoms with E-state index in [9.17, 15) is 9.90 Å². The summed E-state index contributed by atoms with van der Waals surface area (Å²) in [5.41, 5.74) is 3.23. The second kappa shape index (κ2) is 12.3. The van der Waals surface area contributed by atoms with Crippen LogP contribution in [0.5, 0.6) is 5.75 Å². The molecule has 3 fully saturated rings. The number of rotatable bonds is 9. The molecule has 0 radical (unpaired) electrons. The summed E-state index contributed by atoms with van der Waals surface area (Å²) in [4.78, 5) is 12.6. The number of fused-ring (bicyclic) bond motifs is 5. The smallest absolute Gasteiger partial charge is 0.331 e. The van der Waals surface area contributed by atoms with E-state index >= 15 is 0 Å². The Kier molecular flexibility index (Phi) is 9.12. The third kappa shape index (κ3) is 6.07. The number of carbonyl (C=O) groups is 1. The fraction of sp³-hybridized carbons (Fsp3) is 0.711. The first-order chi connectivity index (χ1) is 19.5. The van der Waals surface area contributed by atoms with Crippen LogP contribution in [0.1, 0.15) is 118 Å². The van der Waals surface area contributed by atoms with E-state index in [1.165, 1.54) is 57.4 Å². The second-order valence-corrected chi connectivity index (χ2v) is 15.2. The fourth-order valence-corrected chi connectivity index (χ4v) is 10.3. The van der Waals surface area contributed by atoms with Gasteiger partial charge in [0.15, 0.2) is 0 Å². The zero-order valence-corrected chi connectivity index (χ0v) is 26.7. The first-order valence-electron chi connectivity index (χ1n) is 16.9. The van der Waals surface area contributed by atoms with Gasteiger partial charge in [-0.15, -0.1) is 0 Å². The Labute approximate surface area is 250 Å². The molecule has 4 aliphatic carbocycles. The molecule has 0 spiro atoms. The molecule has 4 aliphatic rings. The lowest BCUT2D eigenvalue weighted by atomic mass is 9.47. The zero-order chi connectivity index (χ0) is 29.4. The molecule has 41 heavy (non-hydrogen) atoms. The summed E-state index contributed by atoms with van der Waals surface area (Å²) in [5.74, 6) is 5.86. The van der Waals surface area contributed by atoms with E-state index < -0.39 is 0 Å². The van der Waals surface area contributed by atoms with Crippen molar-refractivity contribution in [2.45, 2.75) is 118 Å². The highest BCUT2D eigenvalue weighted by atomic mass is 16.5. The molecular weight excluding hydrogens is 504 g/mol. The minimum Gasteiger partial charge on any atom is -0.508 e. The first kappa shape index (κ1) is 30.4. The summed E-state index contributed by atoms with van der Waals surface area (Å²) in [6, 6.07) is 6.85. The lowest BCUT2D eigenvalue weighted by molar-refractivity contribution is -0.145. The molecule has 0 amide bonds. The number of esters is 1. The van der Waals surface area contributed by atoms with E-state index in [-0.39, 0.29) is 23.2 Å². The van der Waals surface area contributed by atoms with E-state index in [0.29, 0.717) is 5.41 Å². The van der Waals surface area contributed by atoms with Crippen LogP contribution in [0.3, 0.4) is 0 Å². The maximum Gasteiger partial charge on any atom is 0.331 e. The average molecular weight is 561 g/mol. The highest BCUT2D eigenvalue weighted by molar-refractivity contribution is 5.87. The largest absolute Gasteiger partial charge is 0.508 e. The first-order valence-corrected chi connectivity index (χ1v) is 16.9. The third-order valence-electron chi connectivity index (χ3n) is 12.9. The van der Waals surface area contributed by atoms with Crippen molar-refractivity contribution in [3.63, 3.8) is 0 Å². The molecule has 1 aromatic carbocycles. The maximum atomic E-state index is 12.6. The standard InChI is InChI=1S/C38H56O3/c1-7-28(25(2)3)12-8-26(4)33-17-18-34-32-16-13-29-24-31(20-22-37(29,5)35(32)21-23-38(33,34)6)41-36(40)19-11-27-9-14-30(39)15-10-27/h9-11,13-15,19,25-26,28,31-35,39H,7-8,12,16-18,20-24H2,1-6H3/b19-11-/t26-,28-,31+,32+,33-,34+,35+,37+,38-/m1/s1. The van der Waals surface area contributed by atoms with Crippen molar-refractivity contribution in [1.29, 1.82) is 0 Å². The van der Waals surface area contributed by atoms with Crippen molar-refractivity contribution in [3.05, 3.63) is 47.6 Å². The molecule has 3 heteroatoms. The van der Waals surface area contributed by atoms with Crippen LogP contribution in [-0.2, 0) is 9.53 Å². The summed E-state index contributed by atoms with van der Waals surface area (Å²) < 4.78 is 5.94. The van der Waals surface area contributed by atoms with Gasteiger partial charge < -0.3 is 9.84 Å². The minimum absolute atomic E-state index is 0.0220. The number of carbonyl (C=O) groups excluding carboxylic acids is 1. The number of benzene rings is 1. The normalized spacial score (nSPS) is 36.3. The van der Waals surface area contributed by atoms with Gasteiger partial charge in [-0.2, -0.15) is 0 Å². The molecule has 9 atom stereocenters. The molecule has 0 saturated heterocycles. The van der Waals surface area contributed by atoms with Gasteiger partial charge in [0.2, 0.25) is 0 Å². The van der Waals surface area contributed by atoms with Crippen LogP contribution in [0.25, 0.3) is 6.08 Å². The van der Waals surface area contributed by atoms with Gasteiger partial charge in [0, 0.05) is 12.5 Å². The van der Waals surface area contributed by atoms with Crippen LogP contribution < -0.4 is 0 Å². The van der Waals surface area contributed by atoms with Crippen LogP contribution in [0.15, 0.2) is 42.0 Å². The molecule has 3 nitrogen and oxygen atoms in total. The van der Waals surface area contributed by atoms with Gasteiger partial charge in [-0.3, -0.25) is 0 Å². The highest BCUT2D eigenvalue weighted by Crippen LogP contribution is 2.67. The Morgan fingerprint density at radius 1 is 1.02 bits per heavy atom. The Morgan fingerprint density at radius 3 is 2.49 bits per heavy atom. The minimum atomic E-state index is -0.265. The van der Waals surface area contributed by atoms with Crippen LogP contribution in [0.4, 0.5) is 0 Å². The quantitative estimate of drug-likeness (QED) is 0.186. The monoisotopic (exact) mass is 560 g/mol. The summed E-state index contributed by atoms with van der Waals surface area (Å²) in [6.45, 7) is 15.0. The summed E-state index contributed by atoms with van der Waals surface area (Å²) >= 11 is 0. The van der Waals surface area contributed by atoms with Crippen LogP contribution in [-0.4, -0.2) is 17.2 Å². The van der Waals surface area contributed by atoms with Gasteiger partial charge in [0.05, 0.1) is 0 Å². The number of hydrogen-bond donors (Lipinski definition) is 1. The summed E-state index contributed by atoms with van der Waals surface area (Å²) in [7, 11) is 0. The highest BCUT2D eigenvalue weighted by Gasteiger charge is 2.59. The number of phenolic OH excluding ortho intramolecular Hbond substituents is 1. The summed E-state index contributed by atoms with van der Waals surface area (Å²) in [6.07, 6.45) is 19.9. The predicted molar refractivity (Wildman–Crippen MR) is 169 cm³/mol. The number of hydrogen-bond acceptors (Lipinski definition) is 3.